The quantitative estimate of drug-likeness (QED) is 0.0518. The van der Waals surface area contributed by atoms with Crippen molar-refractivity contribution in [3.05, 3.63) is 0 Å². The average molecular weight is 624 g/mol. The normalized spacial score (nSPS) is 11.6. The molecule has 0 aliphatic heterocycles. The van der Waals surface area contributed by atoms with Crippen molar-refractivity contribution in [1.82, 2.24) is 5.32 Å². The van der Waals surface area contributed by atoms with Crippen molar-refractivity contribution in [3.8, 4) is 0 Å². The van der Waals surface area contributed by atoms with Crippen LogP contribution in [0.2, 0.25) is 0 Å². The summed E-state index contributed by atoms with van der Waals surface area (Å²) in [5.74, 6) is -0.971. The van der Waals surface area contributed by atoms with E-state index >= 15 is 0 Å². The van der Waals surface area contributed by atoms with Gasteiger partial charge >= 0.3 is 71.1 Å². The second kappa shape index (κ2) is 31.9. The van der Waals surface area contributed by atoms with E-state index in [0.717, 1.165) is 70.8 Å². The summed E-state index contributed by atoms with van der Waals surface area (Å²) in [6.07, 6.45) is 17.2. The first-order chi connectivity index (χ1) is 18.6. The number of nitrogens with one attached hydrogen (secondary N) is 1. The first-order valence-corrected chi connectivity index (χ1v) is 16.4. The van der Waals surface area contributed by atoms with Crippen molar-refractivity contribution < 1.29 is 102 Å². The van der Waals surface area contributed by atoms with Crippen LogP contribution in [0.4, 0.5) is 0 Å². The van der Waals surface area contributed by atoms with Crippen LogP contribution in [0, 0.1) is 0 Å². The summed E-state index contributed by atoms with van der Waals surface area (Å²) >= 11 is 0. The van der Waals surface area contributed by atoms with Gasteiger partial charge in [0.2, 0.25) is 5.91 Å². The zero-order valence-corrected chi connectivity index (χ0v) is 31.1. The van der Waals surface area contributed by atoms with Crippen molar-refractivity contribution in [2.24, 2.45) is 0 Å². The molecule has 0 saturated heterocycles. The molecule has 13 heteroatoms. The van der Waals surface area contributed by atoms with Gasteiger partial charge in [0.25, 0.3) is 0 Å². The summed E-state index contributed by atoms with van der Waals surface area (Å²) in [4.78, 5) is 56.6. The van der Waals surface area contributed by atoms with Crippen LogP contribution in [0.15, 0.2) is 0 Å². The molecule has 1 N–H and O–H groups in total. The first-order valence-electron chi connectivity index (χ1n) is 14.9. The van der Waals surface area contributed by atoms with Crippen LogP contribution >= 0.6 is 7.82 Å². The van der Waals surface area contributed by atoms with Crippen molar-refractivity contribution in [2.45, 2.75) is 142 Å². The van der Waals surface area contributed by atoms with Gasteiger partial charge in [0.15, 0.2) is 6.10 Å². The predicted molar refractivity (Wildman–Crippen MR) is 146 cm³/mol. The second-order valence-corrected chi connectivity index (χ2v) is 11.3. The van der Waals surface area contributed by atoms with Crippen LogP contribution in [0.25, 0.3) is 0 Å². The molecule has 0 bridgehead atoms. The van der Waals surface area contributed by atoms with E-state index in [1.807, 2.05) is 0 Å². The molecule has 0 radical (unpaired) electrons. The Morgan fingerprint density at radius 3 is 1.59 bits per heavy atom. The van der Waals surface area contributed by atoms with Crippen molar-refractivity contribution in [1.29, 1.82) is 0 Å². The Morgan fingerprint density at radius 1 is 0.683 bits per heavy atom. The number of phosphoric acid groups is 1. The summed E-state index contributed by atoms with van der Waals surface area (Å²) in [7, 11) is -5.24. The third-order valence-corrected chi connectivity index (χ3v) is 6.78. The van der Waals surface area contributed by atoms with E-state index in [1.54, 1.807) is 0 Å². The topological polar surface area (TPSA) is 154 Å². The number of esters is 2. The minimum Gasteiger partial charge on any atom is -0.790 e. The maximum Gasteiger partial charge on any atom is 1.00 e. The zero-order chi connectivity index (χ0) is 29.2. The van der Waals surface area contributed by atoms with Crippen molar-refractivity contribution in [2.75, 3.05) is 19.8 Å². The van der Waals surface area contributed by atoms with E-state index in [1.165, 1.54) is 39.0 Å². The first kappa shape index (κ1) is 45.9. The zero-order valence-electron chi connectivity index (χ0n) is 26.3. The number of carbonyl (C=O) groups is 3. The molecule has 0 aliphatic carbocycles. The third kappa shape index (κ3) is 36.6. The fourth-order valence-corrected chi connectivity index (χ4v) is 4.44. The fourth-order valence-electron chi connectivity index (χ4n) is 4.09. The van der Waals surface area contributed by atoms with Gasteiger partial charge in [-0.2, -0.15) is 0 Å². The molecule has 1 atom stereocenters. The molecule has 41 heavy (non-hydrogen) atoms. The maximum atomic E-state index is 12.1. The van der Waals surface area contributed by atoms with E-state index in [0.29, 0.717) is 12.8 Å². The molecule has 0 saturated carbocycles. The molecule has 0 aromatic rings. The Bertz CT molecular complexity index is 695. The minimum atomic E-state index is -5.24. The van der Waals surface area contributed by atoms with Crippen molar-refractivity contribution >= 4 is 25.7 Å². The van der Waals surface area contributed by atoms with Gasteiger partial charge in [-0.1, -0.05) is 96.8 Å². The van der Waals surface area contributed by atoms with E-state index in [2.05, 4.69) is 16.8 Å². The summed E-state index contributed by atoms with van der Waals surface area (Å²) < 4.78 is 25.4. The molecular formula is C28H52NNa2O9P. The van der Waals surface area contributed by atoms with Crippen LogP contribution in [-0.4, -0.2) is 43.7 Å². The fraction of sp³-hybridized carbons (Fsp3) is 0.893. The largest absolute Gasteiger partial charge is 1.00 e. The molecule has 10 nitrogen and oxygen atoms in total. The van der Waals surface area contributed by atoms with E-state index in [-0.39, 0.29) is 84.5 Å². The van der Waals surface area contributed by atoms with Crippen LogP contribution in [0.3, 0.4) is 0 Å². The predicted octanol–water partition coefficient (Wildman–Crippen LogP) is -1.14. The molecule has 1 amide bonds. The molecule has 0 aromatic carbocycles. The number of rotatable bonds is 27. The van der Waals surface area contributed by atoms with E-state index < -0.39 is 32.5 Å². The Morgan fingerprint density at radius 2 is 1.12 bits per heavy atom. The Labute approximate surface area is 292 Å². The van der Waals surface area contributed by atoms with Gasteiger partial charge in [0.1, 0.15) is 6.61 Å². The van der Waals surface area contributed by atoms with Gasteiger partial charge in [-0.05, 0) is 19.3 Å². The Hall–Kier alpha value is 0.520. The Balaban J connectivity index is -0.00000722. The number of carbonyl (C=O) groups excluding carboxylic acids is 3. The average Bonchev–Trinajstić information content (AvgIpc) is 2.87. The number of ether oxygens (including phenoxy) is 2. The van der Waals surface area contributed by atoms with Gasteiger partial charge in [0.05, 0.1) is 14.4 Å². The van der Waals surface area contributed by atoms with Gasteiger partial charge in [-0.3, -0.25) is 14.4 Å². The van der Waals surface area contributed by atoms with Gasteiger partial charge in [0, 0.05) is 26.3 Å². The summed E-state index contributed by atoms with van der Waals surface area (Å²) in [5, 5.41) is 2.81. The van der Waals surface area contributed by atoms with Crippen LogP contribution in [-0.2, 0) is 32.9 Å². The number of phosphoric ester groups is 1. The number of hydrogen-bond acceptors (Lipinski definition) is 9. The van der Waals surface area contributed by atoms with Gasteiger partial charge < -0.3 is 33.7 Å². The van der Waals surface area contributed by atoms with Crippen LogP contribution in [0.1, 0.15) is 136 Å². The number of amides is 1. The molecule has 0 aromatic heterocycles. The molecule has 0 aliphatic rings. The molecular weight excluding hydrogens is 571 g/mol. The monoisotopic (exact) mass is 623 g/mol. The molecule has 0 spiro atoms. The molecule has 0 rings (SSSR count). The summed E-state index contributed by atoms with van der Waals surface area (Å²) in [5.41, 5.74) is 0. The molecule has 230 valence electrons. The second-order valence-electron chi connectivity index (χ2n) is 10.2. The molecule has 0 unspecified atom stereocenters. The summed E-state index contributed by atoms with van der Waals surface area (Å²) in [6, 6.07) is 0. The van der Waals surface area contributed by atoms with Crippen LogP contribution < -0.4 is 74.2 Å². The Kier molecular flexibility index (Phi) is 35.8. The smallest absolute Gasteiger partial charge is 0.790 e. The van der Waals surface area contributed by atoms with Crippen LogP contribution in [0.5, 0.6) is 0 Å². The van der Waals surface area contributed by atoms with Gasteiger partial charge in [-0.25, -0.2) is 0 Å². The maximum absolute atomic E-state index is 12.1. The standard InChI is InChI=1S/C28H54NO9P.2Na/c1-3-4-5-6-14-18-21-28(32)38-26(24-37-39(33,34)35)23-36-27(31)20-17-15-12-10-8-7-9-11-13-16-19-22-29-25(2)30;;/h26H,3-24H2,1-2H3,(H,29,30)(H2,33,34,35);;/q;2*+1/p-2/t26-;;/m1../s1. The van der Waals surface area contributed by atoms with Gasteiger partial charge in [-0.15, -0.1) is 0 Å². The summed E-state index contributed by atoms with van der Waals surface area (Å²) in [6.45, 7) is 3.40. The van der Waals surface area contributed by atoms with E-state index in [4.69, 9.17) is 9.47 Å². The minimum absolute atomic E-state index is 0. The van der Waals surface area contributed by atoms with E-state index in [9.17, 15) is 28.7 Å². The number of hydrogen-bond donors (Lipinski definition) is 1. The van der Waals surface area contributed by atoms with Crippen molar-refractivity contribution in [3.63, 3.8) is 0 Å². The third-order valence-electron chi connectivity index (χ3n) is 6.31. The number of unbranched alkanes of at least 4 members (excludes halogenated alkanes) is 15. The SMILES string of the molecule is CCCCCCCCC(=O)O[C@H](COC(=O)CCCCCCCCCCCCCNC(C)=O)COP(=O)([O-])[O-].[Na+].[Na+]. The molecule has 0 fully saturated rings. The molecule has 0 heterocycles.